The van der Waals surface area contributed by atoms with Crippen molar-refractivity contribution >= 4 is 5.57 Å². The largest absolute Gasteiger partial charge is 0.492 e. The molecule has 104 valence electrons. The molecule has 0 amide bonds. The van der Waals surface area contributed by atoms with Gasteiger partial charge in [-0.15, -0.1) is 0 Å². The van der Waals surface area contributed by atoms with Crippen molar-refractivity contribution in [3.8, 4) is 5.75 Å². The van der Waals surface area contributed by atoms with Crippen LogP contribution < -0.4 is 10.1 Å². The Morgan fingerprint density at radius 2 is 1.55 bits per heavy atom. The van der Waals surface area contributed by atoms with Crippen molar-refractivity contribution in [3.05, 3.63) is 71.8 Å². The lowest BCUT2D eigenvalue weighted by Crippen LogP contribution is -2.15. The van der Waals surface area contributed by atoms with Crippen molar-refractivity contribution in [1.29, 1.82) is 0 Å². The normalized spacial score (nSPS) is 10.3. The monoisotopic (exact) mass is 267 g/mol. The van der Waals surface area contributed by atoms with Gasteiger partial charge in [0.2, 0.25) is 0 Å². The average molecular weight is 267 g/mol. The van der Waals surface area contributed by atoms with Crippen LogP contribution in [0, 0.1) is 6.92 Å². The summed E-state index contributed by atoms with van der Waals surface area (Å²) in [6.45, 7) is 7.79. The molecule has 0 aliphatic heterocycles. The molecule has 0 unspecified atom stereocenters. The highest BCUT2D eigenvalue weighted by Crippen LogP contribution is 2.23. The zero-order chi connectivity index (χ0) is 14.4. The fourth-order valence-corrected chi connectivity index (χ4v) is 1.94. The van der Waals surface area contributed by atoms with Gasteiger partial charge in [0.05, 0.1) is 0 Å². The summed E-state index contributed by atoms with van der Waals surface area (Å²) in [4.78, 5) is 0. The lowest BCUT2D eigenvalue weighted by molar-refractivity contribution is 0.318. The molecule has 0 bridgehead atoms. The number of hydrogen-bond donors (Lipinski definition) is 1. The number of likely N-dealkylation sites (N-methyl/N-ethyl adjacent to an activating group) is 1. The van der Waals surface area contributed by atoms with E-state index in [1.807, 2.05) is 19.2 Å². The van der Waals surface area contributed by atoms with E-state index in [1.165, 1.54) is 5.56 Å². The molecule has 0 atom stereocenters. The van der Waals surface area contributed by atoms with E-state index < -0.39 is 0 Å². The van der Waals surface area contributed by atoms with Crippen LogP contribution in [-0.2, 0) is 0 Å². The Morgan fingerprint density at radius 1 is 1.00 bits per heavy atom. The molecule has 0 saturated carbocycles. The molecule has 2 aromatic carbocycles. The van der Waals surface area contributed by atoms with E-state index in [0.29, 0.717) is 6.61 Å². The quantitative estimate of drug-likeness (QED) is 0.807. The zero-order valence-electron chi connectivity index (χ0n) is 12.1. The van der Waals surface area contributed by atoms with Crippen LogP contribution in [0.3, 0.4) is 0 Å². The standard InChI is InChI=1S/C18H21NO/c1-14-4-6-16(7-5-14)15(2)17-8-10-18(11-9-17)20-13-12-19-3/h4-11,19H,2,12-13H2,1,3H3. The van der Waals surface area contributed by atoms with Crippen LogP contribution in [0.5, 0.6) is 5.75 Å². The fraction of sp³-hybridized carbons (Fsp3) is 0.222. The summed E-state index contributed by atoms with van der Waals surface area (Å²) in [5.41, 5.74) is 4.57. The third-order valence-corrected chi connectivity index (χ3v) is 3.22. The third kappa shape index (κ3) is 3.72. The van der Waals surface area contributed by atoms with Crippen LogP contribution in [0.15, 0.2) is 55.1 Å². The van der Waals surface area contributed by atoms with Crippen molar-refractivity contribution in [2.24, 2.45) is 0 Å². The van der Waals surface area contributed by atoms with Crippen LogP contribution in [0.2, 0.25) is 0 Å². The maximum absolute atomic E-state index is 5.61. The molecule has 0 radical (unpaired) electrons. The highest BCUT2D eigenvalue weighted by Gasteiger charge is 2.02. The van der Waals surface area contributed by atoms with E-state index in [9.17, 15) is 0 Å². The lowest BCUT2D eigenvalue weighted by Gasteiger charge is -2.09. The predicted molar refractivity (Wildman–Crippen MR) is 85.2 cm³/mol. The topological polar surface area (TPSA) is 21.3 Å². The molecule has 0 heterocycles. The fourth-order valence-electron chi connectivity index (χ4n) is 1.94. The maximum atomic E-state index is 5.61. The van der Waals surface area contributed by atoms with Gasteiger partial charge >= 0.3 is 0 Å². The molecule has 0 aliphatic carbocycles. The van der Waals surface area contributed by atoms with Crippen molar-refractivity contribution < 1.29 is 4.74 Å². The van der Waals surface area contributed by atoms with Crippen LogP contribution in [0.1, 0.15) is 16.7 Å². The minimum absolute atomic E-state index is 0.675. The average Bonchev–Trinajstić information content (AvgIpc) is 2.48. The van der Waals surface area contributed by atoms with Crippen LogP contribution >= 0.6 is 0 Å². The number of rotatable bonds is 6. The van der Waals surface area contributed by atoms with Gasteiger partial charge in [-0.05, 0) is 42.8 Å². The molecule has 2 rings (SSSR count). The summed E-state index contributed by atoms with van der Waals surface area (Å²) in [6, 6.07) is 16.5. The van der Waals surface area contributed by atoms with Gasteiger partial charge in [-0.25, -0.2) is 0 Å². The molecular formula is C18H21NO. The Bertz CT molecular complexity index is 555. The minimum atomic E-state index is 0.675. The predicted octanol–water partition coefficient (Wildman–Crippen LogP) is 3.65. The third-order valence-electron chi connectivity index (χ3n) is 3.22. The molecule has 0 fully saturated rings. The first-order valence-electron chi connectivity index (χ1n) is 6.84. The van der Waals surface area contributed by atoms with E-state index in [0.717, 1.165) is 29.0 Å². The van der Waals surface area contributed by atoms with Crippen molar-refractivity contribution in [2.75, 3.05) is 20.2 Å². The molecule has 2 aromatic rings. The molecule has 2 nitrogen and oxygen atoms in total. The van der Waals surface area contributed by atoms with Crippen molar-refractivity contribution in [3.63, 3.8) is 0 Å². The van der Waals surface area contributed by atoms with Gasteiger partial charge < -0.3 is 10.1 Å². The first-order chi connectivity index (χ1) is 9.70. The molecular weight excluding hydrogens is 246 g/mol. The second-order valence-corrected chi connectivity index (χ2v) is 4.82. The summed E-state index contributed by atoms with van der Waals surface area (Å²) in [6.07, 6.45) is 0. The van der Waals surface area contributed by atoms with Gasteiger partial charge in [0.15, 0.2) is 0 Å². The van der Waals surface area contributed by atoms with Crippen LogP contribution in [0.4, 0.5) is 0 Å². The van der Waals surface area contributed by atoms with Gasteiger partial charge in [-0.3, -0.25) is 0 Å². The highest BCUT2D eigenvalue weighted by molar-refractivity contribution is 5.78. The smallest absolute Gasteiger partial charge is 0.119 e. The first kappa shape index (κ1) is 14.4. The number of ether oxygens (including phenoxy) is 1. The van der Waals surface area contributed by atoms with Crippen LogP contribution in [-0.4, -0.2) is 20.2 Å². The lowest BCUT2D eigenvalue weighted by atomic mass is 9.99. The minimum Gasteiger partial charge on any atom is -0.492 e. The Morgan fingerprint density at radius 3 is 2.10 bits per heavy atom. The van der Waals surface area contributed by atoms with Crippen LogP contribution in [0.25, 0.3) is 5.57 Å². The second kappa shape index (κ2) is 6.92. The van der Waals surface area contributed by atoms with Crippen molar-refractivity contribution in [1.82, 2.24) is 5.32 Å². The van der Waals surface area contributed by atoms with E-state index in [-0.39, 0.29) is 0 Å². The summed E-state index contributed by atoms with van der Waals surface area (Å²) in [5, 5.41) is 3.05. The Kier molecular flexibility index (Phi) is 4.97. The van der Waals surface area contributed by atoms with E-state index in [1.54, 1.807) is 0 Å². The van der Waals surface area contributed by atoms with E-state index in [4.69, 9.17) is 4.74 Å². The summed E-state index contributed by atoms with van der Waals surface area (Å²) >= 11 is 0. The molecule has 0 aromatic heterocycles. The van der Waals surface area contributed by atoms with Gasteiger partial charge in [-0.2, -0.15) is 0 Å². The van der Waals surface area contributed by atoms with E-state index in [2.05, 4.69) is 55.2 Å². The Hall–Kier alpha value is -2.06. The van der Waals surface area contributed by atoms with Gasteiger partial charge in [0.1, 0.15) is 12.4 Å². The molecule has 2 heteroatoms. The van der Waals surface area contributed by atoms with Gasteiger partial charge in [0.25, 0.3) is 0 Å². The Balaban J connectivity index is 2.05. The molecule has 20 heavy (non-hydrogen) atoms. The highest BCUT2D eigenvalue weighted by atomic mass is 16.5. The molecule has 0 spiro atoms. The molecule has 0 saturated heterocycles. The number of benzene rings is 2. The van der Waals surface area contributed by atoms with Gasteiger partial charge in [-0.1, -0.05) is 48.5 Å². The van der Waals surface area contributed by atoms with Crippen molar-refractivity contribution in [2.45, 2.75) is 6.92 Å². The first-order valence-corrected chi connectivity index (χ1v) is 6.84. The van der Waals surface area contributed by atoms with E-state index >= 15 is 0 Å². The van der Waals surface area contributed by atoms with Gasteiger partial charge in [0, 0.05) is 6.54 Å². The number of aryl methyl sites for hydroxylation is 1. The SMILES string of the molecule is C=C(c1ccc(C)cc1)c1ccc(OCCNC)cc1. The number of hydrogen-bond acceptors (Lipinski definition) is 2. The number of nitrogens with one attached hydrogen (secondary N) is 1. The molecule has 0 aliphatic rings. The molecule has 1 N–H and O–H groups in total. The summed E-state index contributed by atoms with van der Waals surface area (Å²) < 4.78 is 5.61. The summed E-state index contributed by atoms with van der Waals surface area (Å²) in [5.74, 6) is 0.890. The summed E-state index contributed by atoms with van der Waals surface area (Å²) in [7, 11) is 1.91. The maximum Gasteiger partial charge on any atom is 0.119 e. The Labute approximate surface area is 121 Å². The zero-order valence-corrected chi connectivity index (χ0v) is 12.1. The second-order valence-electron chi connectivity index (χ2n) is 4.82.